The summed E-state index contributed by atoms with van der Waals surface area (Å²) >= 11 is 0. The first-order valence-corrected chi connectivity index (χ1v) is 7.94. The number of aromatic nitrogens is 1. The van der Waals surface area contributed by atoms with Crippen LogP contribution in [0.25, 0.3) is 10.8 Å². The summed E-state index contributed by atoms with van der Waals surface area (Å²) in [6.45, 7) is 4.46. The number of amides is 1. The van der Waals surface area contributed by atoms with Crippen molar-refractivity contribution in [1.82, 2.24) is 0 Å². The van der Waals surface area contributed by atoms with Crippen LogP contribution in [0.5, 0.6) is 0 Å². The maximum atomic E-state index is 12.4. The average Bonchev–Trinajstić information content (AvgIpc) is 2.57. The topological polar surface area (TPSA) is 33.0 Å². The van der Waals surface area contributed by atoms with Crippen LogP contribution in [0.2, 0.25) is 0 Å². The molecule has 0 spiro atoms. The molecule has 23 heavy (non-hydrogen) atoms. The summed E-state index contributed by atoms with van der Waals surface area (Å²) in [5.41, 5.74) is 3.17. The van der Waals surface area contributed by atoms with Crippen molar-refractivity contribution in [3.63, 3.8) is 0 Å². The second-order valence-corrected chi connectivity index (χ2v) is 5.74. The van der Waals surface area contributed by atoms with Crippen molar-refractivity contribution in [2.24, 2.45) is 0 Å². The molecule has 1 N–H and O–H groups in total. The Kier molecular flexibility index (Phi) is 4.38. The van der Waals surface area contributed by atoms with Gasteiger partial charge in [-0.25, -0.2) is 0 Å². The van der Waals surface area contributed by atoms with E-state index in [1.807, 2.05) is 41.8 Å². The number of carbonyl (C=O) groups is 1. The van der Waals surface area contributed by atoms with Crippen molar-refractivity contribution >= 4 is 22.4 Å². The van der Waals surface area contributed by atoms with Crippen LogP contribution in [0, 0.1) is 6.92 Å². The molecule has 0 aliphatic rings. The molecule has 0 unspecified atom stereocenters. The zero-order chi connectivity index (χ0) is 16.2. The first kappa shape index (κ1) is 15.2. The van der Waals surface area contributed by atoms with E-state index in [-0.39, 0.29) is 5.91 Å². The molecule has 0 aliphatic heterocycles. The number of anilines is 1. The fourth-order valence-electron chi connectivity index (χ4n) is 2.73. The molecular formula is C20H21N2O+. The van der Waals surface area contributed by atoms with Crippen LogP contribution in [-0.2, 0) is 17.8 Å². The van der Waals surface area contributed by atoms with Crippen molar-refractivity contribution < 1.29 is 9.36 Å². The van der Waals surface area contributed by atoms with Gasteiger partial charge in [-0.3, -0.25) is 4.79 Å². The Hall–Kier alpha value is -2.68. The second kappa shape index (κ2) is 6.61. The lowest BCUT2D eigenvalue weighted by molar-refractivity contribution is -0.690. The lowest BCUT2D eigenvalue weighted by Crippen LogP contribution is -2.43. The maximum absolute atomic E-state index is 12.4. The summed E-state index contributed by atoms with van der Waals surface area (Å²) in [4.78, 5) is 12.4. The molecule has 0 saturated heterocycles. The molecule has 1 aromatic heterocycles. The van der Waals surface area contributed by atoms with Crippen LogP contribution in [-0.4, -0.2) is 5.91 Å². The summed E-state index contributed by atoms with van der Waals surface area (Å²) in [5.74, 6) is -0.0114. The van der Waals surface area contributed by atoms with E-state index in [9.17, 15) is 4.79 Å². The molecule has 1 heterocycles. The largest absolute Gasteiger partial charge is 0.320 e. The van der Waals surface area contributed by atoms with Crippen LogP contribution in [0.15, 0.2) is 60.8 Å². The fraction of sp³-hybridized carbons (Fsp3) is 0.200. The van der Waals surface area contributed by atoms with Crippen LogP contribution in [0.1, 0.15) is 18.2 Å². The molecule has 2 aromatic carbocycles. The van der Waals surface area contributed by atoms with Gasteiger partial charge in [0, 0.05) is 29.6 Å². The van der Waals surface area contributed by atoms with Gasteiger partial charge >= 0.3 is 0 Å². The Morgan fingerprint density at radius 1 is 1.04 bits per heavy atom. The third kappa shape index (κ3) is 3.39. The number of hydrogen-bond acceptors (Lipinski definition) is 1. The molecule has 0 radical (unpaired) electrons. The predicted molar refractivity (Wildman–Crippen MR) is 93.3 cm³/mol. The van der Waals surface area contributed by atoms with Crippen molar-refractivity contribution in [2.75, 3.05) is 5.32 Å². The van der Waals surface area contributed by atoms with Crippen molar-refractivity contribution in [2.45, 2.75) is 26.8 Å². The predicted octanol–water partition coefficient (Wildman–Crippen LogP) is 3.64. The minimum Gasteiger partial charge on any atom is -0.320 e. The quantitative estimate of drug-likeness (QED) is 0.734. The van der Waals surface area contributed by atoms with E-state index in [0.29, 0.717) is 6.54 Å². The SMILES string of the molecule is CCc1ccc(C)[n+](CC(=O)Nc2cccc3ccccc23)c1. The highest BCUT2D eigenvalue weighted by Crippen LogP contribution is 2.22. The van der Waals surface area contributed by atoms with E-state index in [4.69, 9.17) is 0 Å². The monoisotopic (exact) mass is 305 g/mol. The molecule has 3 aromatic rings. The standard InChI is InChI=1S/C20H20N2O/c1-3-16-12-11-15(2)22(13-16)14-20(23)21-19-10-6-8-17-7-4-5-9-18(17)19/h4-13H,3,14H2,1-2H3/p+1. The lowest BCUT2D eigenvalue weighted by Gasteiger charge is -2.08. The highest BCUT2D eigenvalue weighted by atomic mass is 16.1. The molecule has 3 nitrogen and oxygen atoms in total. The summed E-state index contributed by atoms with van der Waals surface area (Å²) < 4.78 is 2.00. The number of carbonyl (C=O) groups excluding carboxylic acids is 1. The van der Waals surface area contributed by atoms with Gasteiger partial charge in [-0.2, -0.15) is 4.57 Å². The van der Waals surface area contributed by atoms with E-state index in [2.05, 4.69) is 42.7 Å². The maximum Gasteiger partial charge on any atom is 0.290 e. The average molecular weight is 305 g/mol. The molecule has 3 heteroatoms. The Balaban J connectivity index is 1.82. The summed E-state index contributed by atoms with van der Waals surface area (Å²) in [5, 5.41) is 5.23. The molecule has 1 amide bonds. The molecule has 0 atom stereocenters. The van der Waals surface area contributed by atoms with Gasteiger partial charge in [0.2, 0.25) is 6.54 Å². The number of rotatable bonds is 4. The smallest absolute Gasteiger partial charge is 0.290 e. The Morgan fingerprint density at radius 2 is 1.83 bits per heavy atom. The number of benzene rings is 2. The minimum absolute atomic E-state index is 0.0114. The number of nitrogens with zero attached hydrogens (tertiary/aromatic N) is 1. The van der Waals surface area contributed by atoms with E-state index in [0.717, 1.165) is 28.6 Å². The van der Waals surface area contributed by atoms with Gasteiger partial charge in [0.1, 0.15) is 0 Å². The van der Waals surface area contributed by atoms with Crippen LogP contribution in [0.3, 0.4) is 0 Å². The fourth-order valence-corrected chi connectivity index (χ4v) is 2.73. The van der Waals surface area contributed by atoms with Crippen molar-refractivity contribution in [3.05, 3.63) is 72.1 Å². The number of fused-ring (bicyclic) bond motifs is 1. The van der Waals surface area contributed by atoms with Crippen molar-refractivity contribution in [1.29, 1.82) is 0 Å². The zero-order valence-corrected chi connectivity index (χ0v) is 13.5. The summed E-state index contributed by atoms with van der Waals surface area (Å²) in [7, 11) is 0. The van der Waals surface area contributed by atoms with Crippen LogP contribution < -0.4 is 9.88 Å². The number of nitrogens with one attached hydrogen (secondary N) is 1. The van der Waals surface area contributed by atoms with E-state index >= 15 is 0 Å². The first-order chi connectivity index (χ1) is 11.2. The van der Waals surface area contributed by atoms with E-state index in [1.54, 1.807) is 0 Å². The van der Waals surface area contributed by atoms with Gasteiger partial charge in [0.05, 0.1) is 0 Å². The number of pyridine rings is 1. The molecule has 0 aliphatic carbocycles. The number of hydrogen-bond donors (Lipinski definition) is 1. The first-order valence-electron chi connectivity index (χ1n) is 7.94. The number of aryl methyl sites for hydroxylation is 2. The van der Waals surface area contributed by atoms with E-state index < -0.39 is 0 Å². The molecule has 0 saturated carbocycles. The lowest BCUT2D eigenvalue weighted by atomic mass is 10.1. The van der Waals surface area contributed by atoms with Gasteiger partial charge in [-0.15, -0.1) is 0 Å². The molecule has 3 rings (SSSR count). The Labute approximate surface area is 136 Å². The third-order valence-electron chi connectivity index (χ3n) is 4.10. The molecule has 0 fully saturated rings. The minimum atomic E-state index is -0.0114. The molecule has 0 bridgehead atoms. The highest BCUT2D eigenvalue weighted by Gasteiger charge is 2.14. The highest BCUT2D eigenvalue weighted by molar-refractivity contribution is 6.01. The van der Waals surface area contributed by atoms with Gasteiger partial charge in [-0.1, -0.05) is 43.3 Å². The normalized spacial score (nSPS) is 10.7. The second-order valence-electron chi connectivity index (χ2n) is 5.74. The Bertz CT molecular complexity index is 850. The van der Waals surface area contributed by atoms with Crippen LogP contribution >= 0.6 is 0 Å². The zero-order valence-electron chi connectivity index (χ0n) is 13.5. The van der Waals surface area contributed by atoms with Gasteiger partial charge < -0.3 is 5.32 Å². The Morgan fingerprint density at radius 3 is 2.65 bits per heavy atom. The van der Waals surface area contributed by atoms with Crippen molar-refractivity contribution in [3.8, 4) is 0 Å². The van der Waals surface area contributed by atoms with E-state index in [1.165, 1.54) is 5.56 Å². The van der Waals surface area contributed by atoms with Gasteiger partial charge in [-0.05, 0) is 23.9 Å². The summed E-state index contributed by atoms with van der Waals surface area (Å²) in [6, 6.07) is 18.2. The third-order valence-corrected chi connectivity index (χ3v) is 4.10. The van der Waals surface area contributed by atoms with Crippen LogP contribution in [0.4, 0.5) is 5.69 Å². The molecular weight excluding hydrogens is 284 g/mol. The van der Waals surface area contributed by atoms with Gasteiger partial charge in [0.25, 0.3) is 5.91 Å². The summed E-state index contributed by atoms with van der Waals surface area (Å²) in [6.07, 6.45) is 3.02. The molecule has 116 valence electrons. The van der Waals surface area contributed by atoms with Gasteiger partial charge in [0.15, 0.2) is 11.9 Å².